The molecule has 0 aliphatic carbocycles. The Morgan fingerprint density at radius 2 is 2.04 bits per heavy atom. The van der Waals surface area contributed by atoms with Gasteiger partial charge in [0.25, 0.3) is 0 Å². The fourth-order valence-corrected chi connectivity index (χ4v) is 4.91. The second kappa shape index (κ2) is 7.45. The normalized spacial score (nSPS) is 21.6. The summed E-state index contributed by atoms with van der Waals surface area (Å²) in [6.45, 7) is 4.77. The molecule has 132 valence electrons. The molecule has 0 N–H and O–H groups in total. The van der Waals surface area contributed by atoms with E-state index in [2.05, 4.69) is 15.0 Å². The summed E-state index contributed by atoms with van der Waals surface area (Å²) in [6, 6.07) is 0. The third-order valence-electron chi connectivity index (χ3n) is 3.81. The van der Waals surface area contributed by atoms with Crippen molar-refractivity contribution in [2.75, 3.05) is 13.2 Å². The third kappa shape index (κ3) is 3.48. The second-order valence-corrected chi connectivity index (χ2v) is 7.93. The van der Waals surface area contributed by atoms with Crippen LogP contribution in [0.1, 0.15) is 26.7 Å². The molecule has 2 atom stereocenters. The van der Waals surface area contributed by atoms with Gasteiger partial charge in [-0.25, -0.2) is 15.0 Å². The van der Waals surface area contributed by atoms with Crippen LogP contribution in [0.5, 0.6) is 0 Å². The molecule has 3 heterocycles. The molecular weight excluding hydrogens is 355 g/mol. The molecule has 1 aliphatic rings. The molecule has 1 fully saturated rings. The predicted octanol–water partition coefficient (Wildman–Crippen LogP) is 3.25. The maximum absolute atomic E-state index is 12.8. The summed E-state index contributed by atoms with van der Waals surface area (Å²) >= 11 is 6.01. The number of hydrogen-bond donors (Lipinski definition) is 0. The zero-order chi connectivity index (χ0) is 17.2. The van der Waals surface area contributed by atoms with Gasteiger partial charge in [0.05, 0.1) is 32.2 Å². The third-order valence-corrected chi connectivity index (χ3v) is 6.41. The number of nitrogens with zero attached hydrogens (tertiary/aromatic N) is 4. The highest BCUT2D eigenvalue weighted by molar-refractivity contribution is 7.54. The number of ether oxygens (including phenoxy) is 1. The first-order chi connectivity index (χ1) is 11.6. The average molecular weight is 375 g/mol. The smallest absolute Gasteiger partial charge is 0.359 e. The number of halogens is 1. The molecule has 24 heavy (non-hydrogen) atoms. The van der Waals surface area contributed by atoms with Crippen LogP contribution in [0.3, 0.4) is 0 Å². The molecule has 2 unspecified atom stereocenters. The molecule has 0 amide bonds. The van der Waals surface area contributed by atoms with Gasteiger partial charge in [0.2, 0.25) is 0 Å². The molecule has 0 radical (unpaired) electrons. The van der Waals surface area contributed by atoms with E-state index in [4.69, 9.17) is 25.4 Å². The number of rotatable bonds is 7. The quantitative estimate of drug-likeness (QED) is 0.543. The van der Waals surface area contributed by atoms with Gasteiger partial charge in [-0.15, -0.1) is 0 Å². The summed E-state index contributed by atoms with van der Waals surface area (Å²) in [4.78, 5) is 12.4. The lowest BCUT2D eigenvalue weighted by Gasteiger charge is -2.23. The molecule has 0 aromatic carbocycles. The lowest BCUT2D eigenvalue weighted by atomic mass is 10.2. The molecule has 0 bridgehead atoms. The van der Waals surface area contributed by atoms with E-state index in [0.717, 1.165) is 6.42 Å². The van der Waals surface area contributed by atoms with Crippen LogP contribution in [0.2, 0.25) is 5.15 Å². The predicted molar refractivity (Wildman–Crippen MR) is 89.1 cm³/mol. The van der Waals surface area contributed by atoms with Crippen molar-refractivity contribution in [2.24, 2.45) is 0 Å². The standard InChI is InChI=1S/C14H20ClN4O4P/c1-3-21-24(20,22-4-2)11-6-5-10(23-11)7-19-9-18-12-13(15)16-8-17-14(12)19/h8-11H,3-7H2,1-2H3. The van der Waals surface area contributed by atoms with Crippen molar-refractivity contribution in [2.45, 2.75) is 45.2 Å². The summed E-state index contributed by atoms with van der Waals surface area (Å²) in [5.41, 5.74) is 1.21. The van der Waals surface area contributed by atoms with Crippen molar-refractivity contribution in [3.8, 4) is 0 Å². The minimum absolute atomic E-state index is 0.115. The Hall–Kier alpha value is -1.05. The first-order valence-electron chi connectivity index (χ1n) is 7.93. The average Bonchev–Trinajstić information content (AvgIpc) is 3.17. The first kappa shape index (κ1) is 17.8. The van der Waals surface area contributed by atoms with Crippen molar-refractivity contribution in [3.05, 3.63) is 17.8 Å². The Morgan fingerprint density at radius 1 is 1.29 bits per heavy atom. The fourth-order valence-electron chi connectivity index (χ4n) is 2.82. The highest BCUT2D eigenvalue weighted by Gasteiger charge is 2.42. The Kier molecular flexibility index (Phi) is 5.52. The summed E-state index contributed by atoms with van der Waals surface area (Å²) in [6.07, 6.45) is 4.33. The Morgan fingerprint density at radius 3 is 2.75 bits per heavy atom. The lowest BCUT2D eigenvalue weighted by molar-refractivity contribution is 0.0520. The minimum Gasteiger partial charge on any atom is -0.360 e. The van der Waals surface area contributed by atoms with Crippen molar-refractivity contribution >= 4 is 30.4 Å². The maximum atomic E-state index is 12.8. The molecule has 10 heteroatoms. The highest BCUT2D eigenvalue weighted by atomic mass is 35.5. The van der Waals surface area contributed by atoms with Crippen LogP contribution in [0, 0.1) is 0 Å². The Labute approximate surface area is 145 Å². The molecule has 0 spiro atoms. The van der Waals surface area contributed by atoms with Crippen LogP contribution in [0.15, 0.2) is 12.7 Å². The summed E-state index contributed by atoms with van der Waals surface area (Å²) < 4.78 is 31.4. The van der Waals surface area contributed by atoms with Gasteiger partial charge in [-0.1, -0.05) is 11.6 Å². The SMILES string of the molecule is CCOP(=O)(OCC)C1CCC(Cn2cnc3c(Cl)ncnc32)O1. The van der Waals surface area contributed by atoms with E-state index in [-0.39, 0.29) is 6.10 Å². The number of imidazole rings is 1. The van der Waals surface area contributed by atoms with E-state index in [0.29, 0.717) is 42.5 Å². The van der Waals surface area contributed by atoms with E-state index in [1.807, 2.05) is 4.57 Å². The molecule has 1 aliphatic heterocycles. The second-order valence-electron chi connectivity index (χ2n) is 5.40. The van der Waals surface area contributed by atoms with Gasteiger partial charge in [0.15, 0.2) is 16.6 Å². The fraction of sp³-hybridized carbons (Fsp3) is 0.643. The van der Waals surface area contributed by atoms with E-state index < -0.39 is 13.4 Å². The lowest BCUT2D eigenvalue weighted by Crippen LogP contribution is -2.19. The van der Waals surface area contributed by atoms with Crippen molar-refractivity contribution in [3.63, 3.8) is 0 Å². The molecule has 3 rings (SSSR count). The van der Waals surface area contributed by atoms with Crippen LogP contribution in [-0.2, 0) is 24.9 Å². The largest absolute Gasteiger partial charge is 0.360 e. The summed E-state index contributed by atoms with van der Waals surface area (Å²) in [7, 11) is -3.24. The van der Waals surface area contributed by atoms with E-state index >= 15 is 0 Å². The van der Waals surface area contributed by atoms with Crippen molar-refractivity contribution in [1.82, 2.24) is 19.5 Å². The zero-order valence-electron chi connectivity index (χ0n) is 13.6. The van der Waals surface area contributed by atoms with Gasteiger partial charge in [-0.3, -0.25) is 4.57 Å². The van der Waals surface area contributed by atoms with E-state index in [1.54, 1.807) is 20.2 Å². The van der Waals surface area contributed by atoms with Crippen LogP contribution < -0.4 is 0 Å². The molecule has 2 aromatic rings. The van der Waals surface area contributed by atoms with Gasteiger partial charge in [0.1, 0.15) is 11.8 Å². The van der Waals surface area contributed by atoms with E-state index in [1.165, 1.54) is 6.33 Å². The van der Waals surface area contributed by atoms with Crippen LogP contribution >= 0.6 is 19.2 Å². The monoisotopic (exact) mass is 374 g/mol. The molecular formula is C14H20ClN4O4P. The summed E-state index contributed by atoms with van der Waals surface area (Å²) in [5, 5.41) is 0.321. The van der Waals surface area contributed by atoms with Crippen molar-refractivity contribution < 1.29 is 18.3 Å². The topological polar surface area (TPSA) is 88.4 Å². The van der Waals surface area contributed by atoms with Gasteiger partial charge >= 0.3 is 7.60 Å². The maximum Gasteiger partial charge on any atom is 0.359 e. The molecule has 2 aromatic heterocycles. The number of fused-ring (bicyclic) bond motifs is 1. The molecule has 8 nitrogen and oxygen atoms in total. The van der Waals surface area contributed by atoms with Crippen molar-refractivity contribution in [1.29, 1.82) is 0 Å². The van der Waals surface area contributed by atoms with Gasteiger partial charge in [-0.2, -0.15) is 0 Å². The minimum atomic E-state index is -3.24. The van der Waals surface area contributed by atoms with E-state index in [9.17, 15) is 4.57 Å². The first-order valence-corrected chi connectivity index (χ1v) is 9.92. The Bertz CT molecular complexity index is 745. The number of hydrogen-bond acceptors (Lipinski definition) is 7. The summed E-state index contributed by atoms with van der Waals surface area (Å²) in [5.74, 6) is -0.532. The molecule has 1 saturated heterocycles. The van der Waals surface area contributed by atoms with Gasteiger partial charge in [-0.05, 0) is 26.7 Å². The van der Waals surface area contributed by atoms with Gasteiger partial charge in [0, 0.05) is 0 Å². The van der Waals surface area contributed by atoms with Crippen LogP contribution in [0.4, 0.5) is 0 Å². The number of aromatic nitrogens is 4. The van der Waals surface area contributed by atoms with Crippen LogP contribution in [-0.4, -0.2) is 44.7 Å². The van der Waals surface area contributed by atoms with Crippen LogP contribution in [0.25, 0.3) is 11.2 Å². The van der Waals surface area contributed by atoms with Gasteiger partial charge < -0.3 is 18.4 Å². The molecule has 0 saturated carbocycles. The highest BCUT2D eigenvalue weighted by Crippen LogP contribution is 2.57. The Balaban J connectivity index is 1.71. The zero-order valence-corrected chi connectivity index (χ0v) is 15.2.